The van der Waals surface area contributed by atoms with Crippen LogP contribution in [-0.4, -0.2) is 39.5 Å². The summed E-state index contributed by atoms with van der Waals surface area (Å²) < 4.78 is 7.66. The highest BCUT2D eigenvalue weighted by molar-refractivity contribution is 6.05. The Hall–Kier alpha value is -2.93. The molecule has 0 aliphatic heterocycles. The minimum absolute atomic E-state index is 0.0557. The molecule has 1 amide bonds. The van der Waals surface area contributed by atoms with Crippen LogP contribution in [0.3, 0.4) is 0 Å². The van der Waals surface area contributed by atoms with Crippen molar-refractivity contribution in [3.05, 3.63) is 47.9 Å². The van der Waals surface area contributed by atoms with Crippen LogP contribution in [0.2, 0.25) is 0 Å². The summed E-state index contributed by atoms with van der Waals surface area (Å²) in [5.74, 6) is 1.09. The van der Waals surface area contributed by atoms with E-state index < -0.39 is 5.41 Å². The van der Waals surface area contributed by atoms with Crippen molar-refractivity contribution in [2.45, 2.75) is 70.8 Å². The zero-order chi connectivity index (χ0) is 24.3. The number of rotatable bonds is 8. The van der Waals surface area contributed by atoms with Gasteiger partial charge in [-0.2, -0.15) is 5.10 Å². The van der Waals surface area contributed by atoms with E-state index in [0.29, 0.717) is 28.9 Å². The maximum absolute atomic E-state index is 13.0. The second kappa shape index (κ2) is 10.1. The van der Waals surface area contributed by atoms with Crippen LogP contribution >= 0.6 is 0 Å². The fourth-order valence-electron chi connectivity index (χ4n) is 4.84. The molecule has 0 bridgehead atoms. The van der Waals surface area contributed by atoms with Gasteiger partial charge < -0.3 is 15.2 Å². The van der Waals surface area contributed by atoms with Crippen LogP contribution in [0.25, 0.3) is 10.9 Å². The molecule has 0 unspecified atom stereocenters. The molecule has 7 heteroatoms. The second-order valence-corrected chi connectivity index (χ2v) is 10.1. The van der Waals surface area contributed by atoms with Crippen LogP contribution in [0.1, 0.15) is 81.5 Å². The Morgan fingerprint density at radius 3 is 2.68 bits per heavy atom. The minimum Gasteiger partial charge on any atom is -0.494 e. The lowest BCUT2D eigenvalue weighted by molar-refractivity contribution is 0.102. The zero-order valence-corrected chi connectivity index (χ0v) is 20.7. The number of aliphatic hydroxyl groups excluding tert-OH is 1. The van der Waals surface area contributed by atoms with Crippen LogP contribution in [0.4, 0.5) is 5.69 Å². The molecule has 1 saturated carbocycles. The molecule has 0 spiro atoms. The Bertz CT molecular complexity index is 1150. The molecule has 182 valence electrons. The lowest BCUT2D eigenvalue weighted by Gasteiger charge is -2.28. The van der Waals surface area contributed by atoms with Gasteiger partial charge >= 0.3 is 0 Å². The molecular formula is C27H36N4O3. The van der Waals surface area contributed by atoms with Gasteiger partial charge in [-0.3, -0.25) is 9.48 Å². The molecule has 0 radical (unpaired) electrons. The van der Waals surface area contributed by atoms with E-state index in [2.05, 4.69) is 28.1 Å². The van der Waals surface area contributed by atoms with Crippen LogP contribution in [0.15, 0.2) is 36.5 Å². The van der Waals surface area contributed by atoms with E-state index >= 15 is 0 Å². The number of carbonyl (C=O) groups excluding carboxylic acids is 1. The maximum Gasteiger partial charge on any atom is 0.274 e. The molecule has 0 atom stereocenters. The number of pyridine rings is 1. The van der Waals surface area contributed by atoms with Crippen molar-refractivity contribution < 1.29 is 14.6 Å². The standard InChI is InChI=1S/C27H36N4O3/c1-5-7-18-10-12-20(13-11-18)31-16-19-14-23(24(34-4)15-22(19)30-31)29-26(33)21-8-6-9-25(28-21)27(2,3)17-32/h6,8-9,14-16,18,20,32H,5,7,10-13,17H2,1-4H3,(H,29,33)/t18-,20-. The average molecular weight is 465 g/mol. The van der Waals surface area contributed by atoms with Gasteiger partial charge in [0.15, 0.2) is 0 Å². The molecule has 4 rings (SSSR count). The normalized spacial score (nSPS) is 18.7. The molecule has 2 N–H and O–H groups in total. The summed E-state index contributed by atoms with van der Waals surface area (Å²) in [5.41, 5.74) is 1.87. The number of carbonyl (C=O) groups is 1. The monoisotopic (exact) mass is 464 g/mol. The molecule has 1 aliphatic rings. The number of amides is 1. The first kappa shape index (κ1) is 24.2. The second-order valence-electron chi connectivity index (χ2n) is 10.1. The number of hydrogen-bond acceptors (Lipinski definition) is 5. The molecule has 3 aromatic rings. The van der Waals surface area contributed by atoms with Crippen molar-refractivity contribution in [3.8, 4) is 5.75 Å². The SMILES string of the molecule is CCC[C@H]1CC[C@H](n2cc3cc(NC(=O)c4cccc(C(C)(C)CO)n4)c(OC)cc3n2)CC1. The van der Waals surface area contributed by atoms with E-state index in [1.807, 2.05) is 32.0 Å². The number of fused-ring (bicyclic) bond motifs is 1. The topological polar surface area (TPSA) is 89.3 Å². The van der Waals surface area contributed by atoms with Crippen molar-refractivity contribution >= 4 is 22.5 Å². The summed E-state index contributed by atoms with van der Waals surface area (Å²) in [4.78, 5) is 17.5. The fraction of sp³-hybridized carbons (Fsp3) is 0.519. The summed E-state index contributed by atoms with van der Waals surface area (Å²) in [6.07, 6.45) is 9.50. The molecule has 1 aromatic carbocycles. The summed E-state index contributed by atoms with van der Waals surface area (Å²) in [7, 11) is 1.59. The van der Waals surface area contributed by atoms with Gasteiger partial charge in [-0.25, -0.2) is 4.98 Å². The Labute approximate surface area is 201 Å². The van der Waals surface area contributed by atoms with E-state index in [4.69, 9.17) is 9.84 Å². The van der Waals surface area contributed by atoms with E-state index in [1.165, 1.54) is 25.7 Å². The van der Waals surface area contributed by atoms with Crippen molar-refractivity contribution in [3.63, 3.8) is 0 Å². The minimum atomic E-state index is -0.531. The summed E-state index contributed by atoms with van der Waals surface area (Å²) in [5, 5.41) is 18.4. The third-order valence-electron chi connectivity index (χ3n) is 7.05. The Balaban J connectivity index is 1.55. The highest BCUT2D eigenvalue weighted by atomic mass is 16.5. The molecule has 2 aromatic heterocycles. The number of ether oxygens (including phenoxy) is 1. The molecule has 7 nitrogen and oxygen atoms in total. The smallest absolute Gasteiger partial charge is 0.274 e. The van der Waals surface area contributed by atoms with E-state index in [0.717, 1.165) is 29.7 Å². The van der Waals surface area contributed by atoms with Crippen LogP contribution in [0, 0.1) is 5.92 Å². The third-order valence-corrected chi connectivity index (χ3v) is 7.05. The van der Waals surface area contributed by atoms with Gasteiger partial charge in [0.25, 0.3) is 5.91 Å². The maximum atomic E-state index is 13.0. The lowest BCUT2D eigenvalue weighted by Crippen LogP contribution is -2.25. The zero-order valence-electron chi connectivity index (χ0n) is 20.7. The average Bonchev–Trinajstić information content (AvgIpc) is 3.27. The molecule has 1 fully saturated rings. The Morgan fingerprint density at radius 2 is 2.00 bits per heavy atom. The quantitative estimate of drug-likeness (QED) is 0.460. The number of nitrogens with one attached hydrogen (secondary N) is 1. The molecular weight excluding hydrogens is 428 g/mol. The van der Waals surface area contributed by atoms with Crippen molar-refractivity contribution in [2.24, 2.45) is 5.92 Å². The lowest BCUT2D eigenvalue weighted by atomic mass is 9.83. The Kier molecular flexibility index (Phi) is 7.22. The molecule has 1 aliphatic carbocycles. The van der Waals surface area contributed by atoms with Crippen LogP contribution < -0.4 is 10.1 Å². The number of anilines is 1. The largest absolute Gasteiger partial charge is 0.494 e. The predicted octanol–water partition coefficient (Wildman–Crippen LogP) is 5.49. The number of aliphatic hydroxyl groups is 1. The fourth-order valence-corrected chi connectivity index (χ4v) is 4.84. The predicted molar refractivity (Wildman–Crippen MR) is 134 cm³/mol. The molecule has 2 heterocycles. The van der Waals surface area contributed by atoms with Gasteiger partial charge in [0.1, 0.15) is 11.4 Å². The van der Waals surface area contributed by atoms with Crippen LogP contribution in [-0.2, 0) is 5.41 Å². The first-order valence-corrected chi connectivity index (χ1v) is 12.3. The summed E-state index contributed by atoms with van der Waals surface area (Å²) in [6, 6.07) is 9.50. The third kappa shape index (κ3) is 5.09. The van der Waals surface area contributed by atoms with Gasteiger partial charge in [0.05, 0.1) is 31.0 Å². The molecule has 34 heavy (non-hydrogen) atoms. The number of hydrogen-bond donors (Lipinski definition) is 2. The van der Waals surface area contributed by atoms with Gasteiger partial charge in [0, 0.05) is 28.8 Å². The van der Waals surface area contributed by atoms with Gasteiger partial charge in [-0.1, -0.05) is 39.7 Å². The van der Waals surface area contributed by atoms with Gasteiger partial charge in [-0.05, 0) is 49.8 Å². The van der Waals surface area contributed by atoms with Crippen molar-refractivity contribution in [1.82, 2.24) is 14.8 Å². The summed E-state index contributed by atoms with van der Waals surface area (Å²) in [6.45, 7) is 5.99. The Morgan fingerprint density at radius 1 is 1.24 bits per heavy atom. The van der Waals surface area contributed by atoms with Crippen LogP contribution in [0.5, 0.6) is 5.75 Å². The van der Waals surface area contributed by atoms with Gasteiger partial charge in [-0.15, -0.1) is 0 Å². The first-order chi connectivity index (χ1) is 16.3. The number of methoxy groups -OCH3 is 1. The van der Waals surface area contributed by atoms with Crippen molar-refractivity contribution in [1.29, 1.82) is 0 Å². The first-order valence-electron chi connectivity index (χ1n) is 12.3. The van der Waals surface area contributed by atoms with E-state index in [1.54, 1.807) is 19.2 Å². The summed E-state index contributed by atoms with van der Waals surface area (Å²) >= 11 is 0. The van der Waals surface area contributed by atoms with E-state index in [9.17, 15) is 9.90 Å². The number of benzene rings is 1. The highest BCUT2D eigenvalue weighted by Gasteiger charge is 2.24. The van der Waals surface area contributed by atoms with Gasteiger partial charge in [0.2, 0.25) is 0 Å². The molecule has 0 saturated heterocycles. The number of aromatic nitrogens is 3. The van der Waals surface area contributed by atoms with Crippen molar-refractivity contribution in [2.75, 3.05) is 19.0 Å². The number of nitrogens with zero attached hydrogens (tertiary/aromatic N) is 3. The van der Waals surface area contributed by atoms with E-state index in [-0.39, 0.29) is 12.5 Å². The highest BCUT2D eigenvalue weighted by Crippen LogP contribution is 2.36.